The normalized spacial score (nSPS) is 15.8. The Morgan fingerprint density at radius 1 is 1.38 bits per heavy atom. The van der Waals surface area contributed by atoms with Gasteiger partial charge in [-0.3, -0.25) is 0 Å². The number of aryl methyl sites for hydroxylation is 1. The van der Waals surface area contributed by atoms with Gasteiger partial charge in [0.25, 0.3) is 0 Å². The minimum atomic E-state index is 0.766. The molecule has 0 spiro atoms. The standard InChI is InChI=1S/C13H16N2S/c14-7-1-2-9-3-6-12-11(8-9)15-13(16-12)10-4-5-10/h3,6,8,10H,1-2,4-5,7,14H2. The average molecular weight is 232 g/mol. The Labute approximate surface area is 99.5 Å². The van der Waals surface area contributed by atoms with Crippen LogP contribution in [0.2, 0.25) is 0 Å². The van der Waals surface area contributed by atoms with Gasteiger partial charge in [-0.2, -0.15) is 0 Å². The van der Waals surface area contributed by atoms with Crippen molar-refractivity contribution in [1.29, 1.82) is 0 Å². The third-order valence-electron chi connectivity index (χ3n) is 3.06. The molecule has 2 aromatic rings. The summed E-state index contributed by atoms with van der Waals surface area (Å²) in [5.41, 5.74) is 8.08. The zero-order chi connectivity index (χ0) is 11.0. The van der Waals surface area contributed by atoms with E-state index in [1.54, 1.807) is 0 Å². The summed E-state index contributed by atoms with van der Waals surface area (Å²) in [5, 5.41) is 1.34. The van der Waals surface area contributed by atoms with Crippen LogP contribution in [0.1, 0.15) is 35.8 Å². The van der Waals surface area contributed by atoms with Gasteiger partial charge in [0, 0.05) is 5.92 Å². The molecule has 1 fully saturated rings. The lowest BCUT2D eigenvalue weighted by Crippen LogP contribution is -2.00. The summed E-state index contributed by atoms with van der Waals surface area (Å²) in [6.45, 7) is 0.766. The van der Waals surface area contributed by atoms with Crippen LogP contribution in [0.3, 0.4) is 0 Å². The Morgan fingerprint density at radius 3 is 3.00 bits per heavy atom. The minimum absolute atomic E-state index is 0.766. The van der Waals surface area contributed by atoms with Gasteiger partial charge in [0.15, 0.2) is 0 Å². The maximum absolute atomic E-state index is 5.53. The molecule has 0 amide bonds. The van der Waals surface area contributed by atoms with Gasteiger partial charge in [-0.1, -0.05) is 6.07 Å². The van der Waals surface area contributed by atoms with Crippen molar-refractivity contribution in [3.8, 4) is 0 Å². The Kier molecular flexibility index (Phi) is 2.65. The first kappa shape index (κ1) is 10.2. The fourth-order valence-corrected chi connectivity index (χ4v) is 3.07. The highest BCUT2D eigenvalue weighted by molar-refractivity contribution is 7.18. The van der Waals surface area contributed by atoms with Crippen LogP contribution >= 0.6 is 11.3 Å². The number of nitrogens with two attached hydrogens (primary N) is 1. The van der Waals surface area contributed by atoms with Crippen LogP contribution < -0.4 is 5.73 Å². The first-order valence-electron chi connectivity index (χ1n) is 5.96. The molecule has 1 aromatic heterocycles. The lowest BCUT2D eigenvalue weighted by atomic mass is 10.1. The van der Waals surface area contributed by atoms with E-state index in [-0.39, 0.29) is 0 Å². The van der Waals surface area contributed by atoms with Gasteiger partial charge in [-0.25, -0.2) is 4.98 Å². The number of benzene rings is 1. The second-order valence-corrected chi connectivity index (χ2v) is 5.58. The zero-order valence-electron chi connectivity index (χ0n) is 9.28. The fraction of sp³-hybridized carbons (Fsp3) is 0.462. The molecule has 3 rings (SSSR count). The number of hydrogen-bond donors (Lipinski definition) is 1. The summed E-state index contributed by atoms with van der Waals surface area (Å²) in [4.78, 5) is 4.73. The Morgan fingerprint density at radius 2 is 2.25 bits per heavy atom. The predicted molar refractivity (Wildman–Crippen MR) is 69.0 cm³/mol. The highest BCUT2D eigenvalue weighted by Gasteiger charge is 2.26. The van der Waals surface area contributed by atoms with Crippen LogP contribution in [0.4, 0.5) is 0 Å². The molecule has 16 heavy (non-hydrogen) atoms. The molecule has 1 heterocycles. The maximum Gasteiger partial charge on any atom is 0.0969 e. The molecule has 1 aliphatic carbocycles. The van der Waals surface area contributed by atoms with Crippen molar-refractivity contribution < 1.29 is 0 Å². The first-order valence-corrected chi connectivity index (χ1v) is 6.78. The van der Waals surface area contributed by atoms with Crippen LogP contribution in [0, 0.1) is 0 Å². The van der Waals surface area contributed by atoms with Gasteiger partial charge < -0.3 is 5.73 Å². The number of rotatable bonds is 4. The van der Waals surface area contributed by atoms with Gasteiger partial charge in [-0.05, 0) is 49.9 Å². The van der Waals surface area contributed by atoms with Gasteiger partial charge in [-0.15, -0.1) is 11.3 Å². The molecule has 2 nitrogen and oxygen atoms in total. The van der Waals surface area contributed by atoms with E-state index < -0.39 is 0 Å². The van der Waals surface area contributed by atoms with Crippen LogP contribution in [-0.4, -0.2) is 11.5 Å². The number of thiazole rings is 1. The van der Waals surface area contributed by atoms with Crippen LogP contribution in [0.5, 0.6) is 0 Å². The molecule has 0 atom stereocenters. The van der Waals surface area contributed by atoms with Crippen molar-refractivity contribution in [1.82, 2.24) is 4.98 Å². The van der Waals surface area contributed by atoms with Crippen molar-refractivity contribution in [2.45, 2.75) is 31.6 Å². The molecule has 0 bridgehead atoms. The first-order chi connectivity index (χ1) is 7.86. The third-order valence-corrected chi connectivity index (χ3v) is 4.26. The highest BCUT2D eigenvalue weighted by atomic mass is 32.1. The Hall–Kier alpha value is -0.930. The van der Waals surface area contributed by atoms with Gasteiger partial charge in [0.2, 0.25) is 0 Å². The third kappa shape index (κ3) is 1.97. The molecule has 0 radical (unpaired) electrons. The fourth-order valence-electron chi connectivity index (χ4n) is 1.96. The summed E-state index contributed by atoms with van der Waals surface area (Å²) in [6.07, 6.45) is 4.80. The van der Waals surface area contributed by atoms with Gasteiger partial charge in [0.1, 0.15) is 0 Å². The number of fused-ring (bicyclic) bond motifs is 1. The van der Waals surface area contributed by atoms with Gasteiger partial charge in [0.05, 0.1) is 15.2 Å². The molecule has 2 N–H and O–H groups in total. The summed E-state index contributed by atoms with van der Waals surface area (Å²) in [7, 11) is 0. The van der Waals surface area contributed by atoms with E-state index in [9.17, 15) is 0 Å². The van der Waals surface area contributed by atoms with E-state index in [0.717, 1.165) is 25.3 Å². The molecule has 3 heteroatoms. The van der Waals surface area contributed by atoms with E-state index in [1.165, 1.54) is 33.6 Å². The summed E-state index contributed by atoms with van der Waals surface area (Å²) in [6, 6.07) is 6.66. The summed E-state index contributed by atoms with van der Waals surface area (Å²) >= 11 is 1.86. The number of aromatic nitrogens is 1. The molecule has 0 saturated heterocycles. The molecular weight excluding hydrogens is 216 g/mol. The molecule has 1 saturated carbocycles. The maximum atomic E-state index is 5.53. The SMILES string of the molecule is NCCCc1ccc2sc(C3CC3)nc2c1. The molecule has 0 unspecified atom stereocenters. The quantitative estimate of drug-likeness (QED) is 0.880. The van der Waals surface area contributed by atoms with Crippen LogP contribution in [0.15, 0.2) is 18.2 Å². The predicted octanol–water partition coefficient (Wildman–Crippen LogP) is 3.07. The smallest absolute Gasteiger partial charge is 0.0969 e. The van der Waals surface area contributed by atoms with Crippen molar-refractivity contribution in [2.24, 2.45) is 5.73 Å². The van der Waals surface area contributed by atoms with Crippen molar-refractivity contribution >= 4 is 21.6 Å². The van der Waals surface area contributed by atoms with E-state index in [2.05, 4.69) is 18.2 Å². The minimum Gasteiger partial charge on any atom is -0.330 e. The highest BCUT2D eigenvalue weighted by Crippen LogP contribution is 2.43. The van der Waals surface area contributed by atoms with E-state index in [1.807, 2.05) is 11.3 Å². The molecule has 1 aromatic carbocycles. The zero-order valence-corrected chi connectivity index (χ0v) is 10.1. The monoisotopic (exact) mass is 232 g/mol. The van der Waals surface area contributed by atoms with E-state index in [0.29, 0.717) is 0 Å². The second-order valence-electron chi connectivity index (χ2n) is 4.52. The Bertz CT molecular complexity index is 500. The van der Waals surface area contributed by atoms with Crippen molar-refractivity contribution in [3.63, 3.8) is 0 Å². The lowest BCUT2D eigenvalue weighted by Gasteiger charge is -1.98. The molecule has 0 aliphatic heterocycles. The van der Waals surface area contributed by atoms with Crippen LogP contribution in [0.25, 0.3) is 10.2 Å². The largest absolute Gasteiger partial charge is 0.330 e. The van der Waals surface area contributed by atoms with Gasteiger partial charge >= 0.3 is 0 Å². The van der Waals surface area contributed by atoms with Crippen molar-refractivity contribution in [3.05, 3.63) is 28.8 Å². The number of hydrogen-bond acceptors (Lipinski definition) is 3. The second kappa shape index (κ2) is 4.15. The molecular formula is C13H16N2S. The van der Waals surface area contributed by atoms with E-state index in [4.69, 9.17) is 10.7 Å². The van der Waals surface area contributed by atoms with E-state index >= 15 is 0 Å². The van der Waals surface area contributed by atoms with Crippen LogP contribution in [-0.2, 0) is 6.42 Å². The molecule has 1 aliphatic rings. The molecule has 84 valence electrons. The van der Waals surface area contributed by atoms with Crippen molar-refractivity contribution in [2.75, 3.05) is 6.54 Å². The lowest BCUT2D eigenvalue weighted by molar-refractivity contribution is 0.833. The summed E-state index contributed by atoms with van der Waals surface area (Å²) in [5.74, 6) is 0.768. The Balaban J connectivity index is 1.90. The topological polar surface area (TPSA) is 38.9 Å². The summed E-state index contributed by atoms with van der Waals surface area (Å²) < 4.78 is 1.33. The number of nitrogens with zero attached hydrogens (tertiary/aromatic N) is 1. The average Bonchev–Trinajstić information content (AvgIpc) is 3.06.